The van der Waals surface area contributed by atoms with E-state index in [0.29, 0.717) is 5.56 Å². The zero-order chi connectivity index (χ0) is 20.9. The molecule has 0 heterocycles. The van der Waals surface area contributed by atoms with Crippen molar-refractivity contribution < 1.29 is 31.5 Å². The summed E-state index contributed by atoms with van der Waals surface area (Å²) in [4.78, 5) is 23.5. The average Bonchev–Trinajstić information content (AvgIpc) is 2.62. The van der Waals surface area contributed by atoms with Crippen LogP contribution in [0.3, 0.4) is 0 Å². The minimum Gasteiger partial charge on any atom is -0.454 e. The van der Waals surface area contributed by atoms with Gasteiger partial charge in [-0.3, -0.25) is 9.59 Å². The molecule has 0 radical (unpaired) electrons. The van der Waals surface area contributed by atoms with Crippen molar-refractivity contribution in [1.82, 2.24) is 4.72 Å². The maximum Gasteiger partial charge on any atom is 0.324 e. The molecule has 0 aromatic heterocycles. The first-order valence-electron chi connectivity index (χ1n) is 8.09. The van der Waals surface area contributed by atoms with Crippen LogP contribution in [0.2, 0.25) is 0 Å². The Kier molecular flexibility index (Phi) is 6.81. The second kappa shape index (κ2) is 8.89. The number of aryl methyl sites for hydroxylation is 1. The summed E-state index contributed by atoms with van der Waals surface area (Å²) in [5.41, 5.74) is 0.598. The number of halogens is 2. The molecule has 0 saturated carbocycles. The molecule has 2 aromatic rings. The summed E-state index contributed by atoms with van der Waals surface area (Å²) in [5.74, 6) is -2.81. The molecule has 0 saturated heterocycles. The molecule has 0 unspecified atom stereocenters. The summed E-state index contributed by atoms with van der Waals surface area (Å²) in [7, 11) is -4.08. The Morgan fingerprint density at radius 3 is 2.36 bits per heavy atom. The van der Waals surface area contributed by atoms with Gasteiger partial charge in [0.2, 0.25) is 10.0 Å². The molecule has 150 valence electrons. The first-order valence-corrected chi connectivity index (χ1v) is 9.57. The van der Waals surface area contributed by atoms with Crippen molar-refractivity contribution in [2.75, 3.05) is 11.9 Å². The lowest BCUT2D eigenvalue weighted by Gasteiger charge is -2.14. The van der Waals surface area contributed by atoms with Gasteiger partial charge in [0.25, 0.3) is 5.91 Å². The maximum absolute atomic E-state index is 13.4. The lowest BCUT2D eigenvalue weighted by Crippen LogP contribution is -2.40. The van der Waals surface area contributed by atoms with E-state index in [4.69, 9.17) is 4.74 Å². The van der Waals surface area contributed by atoms with Crippen molar-refractivity contribution >= 4 is 27.6 Å². The van der Waals surface area contributed by atoms with Gasteiger partial charge in [0.15, 0.2) is 6.61 Å². The van der Waals surface area contributed by atoms with E-state index in [2.05, 4.69) is 10.0 Å². The monoisotopic (exact) mass is 412 g/mol. The van der Waals surface area contributed by atoms with E-state index in [9.17, 15) is 26.8 Å². The highest BCUT2D eigenvalue weighted by Gasteiger charge is 2.23. The van der Waals surface area contributed by atoms with Gasteiger partial charge in [-0.2, -0.15) is 4.72 Å². The van der Waals surface area contributed by atoms with Crippen LogP contribution in [0.25, 0.3) is 0 Å². The number of nitrogens with one attached hydrogen (secondary N) is 2. The Morgan fingerprint density at radius 1 is 1.11 bits per heavy atom. The zero-order valence-corrected chi connectivity index (χ0v) is 15.8. The van der Waals surface area contributed by atoms with Gasteiger partial charge in [0.1, 0.15) is 17.7 Å². The summed E-state index contributed by atoms with van der Waals surface area (Å²) < 4.78 is 57.5. The fourth-order valence-electron chi connectivity index (χ4n) is 2.09. The number of hydrogen-bond donors (Lipinski definition) is 2. The Bertz CT molecular complexity index is 978. The van der Waals surface area contributed by atoms with Gasteiger partial charge >= 0.3 is 5.97 Å². The van der Waals surface area contributed by atoms with Crippen LogP contribution in [0.5, 0.6) is 0 Å². The molecule has 0 fully saturated rings. The Labute approximate surface area is 160 Å². The summed E-state index contributed by atoms with van der Waals surface area (Å²) >= 11 is 0. The molecule has 0 aliphatic heterocycles. The van der Waals surface area contributed by atoms with E-state index in [-0.39, 0.29) is 10.6 Å². The van der Waals surface area contributed by atoms with Crippen LogP contribution < -0.4 is 10.0 Å². The predicted octanol–water partition coefficient (Wildman–Crippen LogP) is 2.12. The summed E-state index contributed by atoms with van der Waals surface area (Å²) in [6, 6.07) is 6.81. The molecule has 1 atom stereocenters. The highest BCUT2D eigenvalue weighted by atomic mass is 32.2. The molecule has 2 rings (SSSR count). The van der Waals surface area contributed by atoms with E-state index in [1.54, 1.807) is 6.92 Å². The Morgan fingerprint density at radius 2 is 1.75 bits per heavy atom. The first-order chi connectivity index (χ1) is 13.1. The number of ether oxygens (including phenoxy) is 1. The number of benzene rings is 2. The molecule has 28 heavy (non-hydrogen) atoms. The standard InChI is InChI=1S/C18H18F2N2O5S/c1-11-3-6-14(9-16(11)20)21-17(23)10-27-18(24)12(2)22-28(25,26)15-7-4-13(19)5-8-15/h3-9,12,22H,10H2,1-2H3,(H,21,23)/t12-/m0/s1. The average molecular weight is 412 g/mol. The van der Waals surface area contributed by atoms with Gasteiger partial charge in [0.05, 0.1) is 4.90 Å². The third kappa shape index (κ3) is 5.83. The predicted molar refractivity (Wildman–Crippen MR) is 96.9 cm³/mol. The fourth-order valence-corrected chi connectivity index (χ4v) is 3.28. The van der Waals surface area contributed by atoms with Gasteiger partial charge in [0, 0.05) is 5.69 Å². The normalized spacial score (nSPS) is 12.3. The van der Waals surface area contributed by atoms with Gasteiger partial charge in [-0.05, 0) is 55.8 Å². The Balaban J connectivity index is 1.88. The molecule has 0 aliphatic rings. The van der Waals surface area contributed by atoms with Gasteiger partial charge in [-0.1, -0.05) is 6.07 Å². The molecule has 10 heteroatoms. The van der Waals surface area contributed by atoms with Crippen molar-refractivity contribution in [3.8, 4) is 0 Å². The maximum atomic E-state index is 13.4. The van der Waals surface area contributed by atoms with Crippen LogP contribution in [0, 0.1) is 18.6 Å². The van der Waals surface area contributed by atoms with E-state index >= 15 is 0 Å². The van der Waals surface area contributed by atoms with E-state index in [0.717, 1.165) is 30.3 Å². The minimum absolute atomic E-state index is 0.189. The fraction of sp³-hybridized carbons (Fsp3) is 0.222. The highest BCUT2D eigenvalue weighted by molar-refractivity contribution is 7.89. The molecule has 0 spiro atoms. The smallest absolute Gasteiger partial charge is 0.324 e. The number of esters is 1. The number of anilines is 1. The van der Waals surface area contributed by atoms with Gasteiger partial charge in [-0.25, -0.2) is 17.2 Å². The van der Waals surface area contributed by atoms with E-state index < -0.39 is 46.2 Å². The van der Waals surface area contributed by atoms with Gasteiger partial charge in [-0.15, -0.1) is 0 Å². The second-order valence-corrected chi connectivity index (χ2v) is 7.63. The second-order valence-electron chi connectivity index (χ2n) is 5.92. The largest absolute Gasteiger partial charge is 0.454 e. The molecule has 2 N–H and O–H groups in total. The van der Waals surface area contributed by atoms with E-state index in [1.165, 1.54) is 19.1 Å². The molecule has 0 bridgehead atoms. The summed E-state index contributed by atoms with van der Waals surface area (Å²) in [5, 5.41) is 2.35. The molecular weight excluding hydrogens is 394 g/mol. The zero-order valence-electron chi connectivity index (χ0n) is 15.0. The van der Waals surface area contributed by atoms with Crippen molar-refractivity contribution in [2.45, 2.75) is 24.8 Å². The lowest BCUT2D eigenvalue weighted by molar-refractivity contribution is -0.148. The summed E-state index contributed by atoms with van der Waals surface area (Å²) in [6.07, 6.45) is 0. The van der Waals surface area contributed by atoms with Crippen LogP contribution in [0.4, 0.5) is 14.5 Å². The van der Waals surface area contributed by atoms with Gasteiger partial charge < -0.3 is 10.1 Å². The van der Waals surface area contributed by atoms with E-state index in [1.807, 2.05) is 0 Å². The molecule has 2 aromatic carbocycles. The third-order valence-corrected chi connectivity index (χ3v) is 5.17. The number of hydrogen-bond acceptors (Lipinski definition) is 5. The highest BCUT2D eigenvalue weighted by Crippen LogP contribution is 2.13. The van der Waals surface area contributed by atoms with Crippen LogP contribution >= 0.6 is 0 Å². The van der Waals surface area contributed by atoms with Crippen molar-refractivity contribution in [2.24, 2.45) is 0 Å². The van der Waals surface area contributed by atoms with Crippen LogP contribution in [0.1, 0.15) is 12.5 Å². The topological polar surface area (TPSA) is 102 Å². The molecular formula is C18H18F2N2O5S. The quantitative estimate of drug-likeness (QED) is 0.679. The number of amides is 1. The lowest BCUT2D eigenvalue weighted by atomic mass is 10.2. The number of carbonyl (C=O) groups is 2. The number of sulfonamides is 1. The molecule has 0 aliphatic carbocycles. The molecule has 1 amide bonds. The SMILES string of the molecule is Cc1ccc(NC(=O)COC(=O)[C@H](C)NS(=O)(=O)c2ccc(F)cc2)cc1F. The van der Waals surface area contributed by atoms with Crippen LogP contribution in [-0.4, -0.2) is 32.9 Å². The number of rotatable bonds is 7. The van der Waals surface area contributed by atoms with Crippen LogP contribution in [-0.2, 0) is 24.3 Å². The first kappa shape index (κ1) is 21.5. The third-order valence-electron chi connectivity index (χ3n) is 3.61. The number of carbonyl (C=O) groups excluding carboxylic acids is 2. The van der Waals surface area contributed by atoms with Crippen molar-refractivity contribution in [3.63, 3.8) is 0 Å². The van der Waals surface area contributed by atoms with Crippen molar-refractivity contribution in [1.29, 1.82) is 0 Å². The van der Waals surface area contributed by atoms with Crippen molar-refractivity contribution in [3.05, 3.63) is 59.7 Å². The van der Waals surface area contributed by atoms with Crippen LogP contribution in [0.15, 0.2) is 47.4 Å². The minimum atomic E-state index is -4.08. The summed E-state index contributed by atoms with van der Waals surface area (Å²) in [6.45, 7) is 2.12. The molecule has 7 nitrogen and oxygen atoms in total. The Hall–Kier alpha value is -2.85.